The summed E-state index contributed by atoms with van der Waals surface area (Å²) in [7, 11) is 0. The number of aryl methyl sites for hydroxylation is 1. The van der Waals surface area contributed by atoms with Crippen LogP contribution in [0.2, 0.25) is 0 Å². The van der Waals surface area contributed by atoms with Gasteiger partial charge >= 0.3 is 0 Å². The predicted molar refractivity (Wildman–Crippen MR) is 79.5 cm³/mol. The van der Waals surface area contributed by atoms with Crippen molar-refractivity contribution in [3.8, 4) is 17.4 Å². The number of aromatic nitrogens is 1. The fourth-order valence-electron chi connectivity index (χ4n) is 2.07. The Morgan fingerprint density at radius 3 is 2.42 bits per heavy atom. The van der Waals surface area contributed by atoms with E-state index in [0.717, 1.165) is 35.4 Å². The molecule has 4 heteroatoms. The molecule has 0 unspecified atom stereocenters. The Hall–Kier alpha value is -1.55. The highest BCUT2D eigenvalue weighted by Crippen LogP contribution is 2.33. The predicted octanol–water partition coefficient (Wildman–Crippen LogP) is 3.95. The highest BCUT2D eigenvalue weighted by Gasteiger charge is 2.14. The maximum Gasteiger partial charge on any atom is 0.201 e. The molecular weight excluding hydrogens is 258 g/mol. The monoisotopic (exact) mass is 277 g/mol. The van der Waals surface area contributed by atoms with Crippen molar-refractivity contribution >= 4 is 11.8 Å². The third-order valence-corrected chi connectivity index (χ3v) is 3.91. The standard InChI is InChI=1S/C15H19NO2S/c1-3-4-5-11-10-14(17)16(15(11)18)12-6-8-13(19-2)9-7-12/h6-10,17-18H,3-5H2,1-2H3. The second-order valence-corrected chi connectivity index (χ2v) is 5.37. The molecule has 0 atom stereocenters. The first-order valence-electron chi connectivity index (χ1n) is 6.44. The van der Waals surface area contributed by atoms with E-state index in [1.165, 1.54) is 4.57 Å². The first kappa shape index (κ1) is 13.9. The van der Waals surface area contributed by atoms with Gasteiger partial charge in [-0.2, -0.15) is 0 Å². The van der Waals surface area contributed by atoms with Crippen molar-refractivity contribution in [3.63, 3.8) is 0 Å². The molecular formula is C15H19NO2S. The average Bonchev–Trinajstić information content (AvgIpc) is 2.71. The van der Waals surface area contributed by atoms with Gasteiger partial charge in [0.1, 0.15) is 0 Å². The molecule has 0 aliphatic heterocycles. The Morgan fingerprint density at radius 1 is 1.16 bits per heavy atom. The van der Waals surface area contributed by atoms with E-state index in [4.69, 9.17) is 0 Å². The summed E-state index contributed by atoms with van der Waals surface area (Å²) in [4.78, 5) is 1.15. The van der Waals surface area contributed by atoms with Crippen molar-refractivity contribution in [3.05, 3.63) is 35.9 Å². The summed E-state index contributed by atoms with van der Waals surface area (Å²) in [6, 6.07) is 9.40. The highest BCUT2D eigenvalue weighted by atomic mass is 32.2. The minimum Gasteiger partial charge on any atom is -0.494 e. The molecule has 1 aromatic heterocycles. The van der Waals surface area contributed by atoms with Gasteiger partial charge in [-0.3, -0.25) is 4.57 Å². The van der Waals surface area contributed by atoms with Crippen LogP contribution in [0.3, 0.4) is 0 Å². The van der Waals surface area contributed by atoms with Crippen LogP contribution in [-0.2, 0) is 6.42 Å². The fourth-order valence-corrected chi connectivity index (χ4v) is 2.48. The van der Waals surface area contributed by atoms with Gasteiger partial charge in [-0.1, -0.05) is 13.3 Å². The van der Waals surface area contributed by atoms with Crippen molar-refractivity contribution in [2.75, 3.05) is 6.26 Å². The Morgan fingerprint density at radius 2 is 1.84 bits per heavy atom. The number of benzene rings is 1. The van der Waals surface area contributed by atoms with E-state index in [2.05, 4.69) is 6.92 Å². The molecule has 0 spiro atoms. The molecule has 0 aliphatic rings. The molecule has 0 saturated heterocycles. The highest BCUT2D eigenvalue weighted by molar-refractivity contribution is 7.98. The lowest BCUT2D eigenvalue weighted by Gasteiger charge is -2.08. The van der Waals surface area contributed by atoms with Crippen LogP contribution in [0.4, 0.5) is 0 Å². The van der Waals surface area contributed by atoms with Crippen molar-refractivity contribution in [2.45, 2.75) is 31.1 Å². The molecule has 0 fully saturated rings. The van der Waals surface area contributed by atoms with Crippen LogP contribution in [0.25, 0.3) is 5.69 Å². The van der Waals surface area contributed by atoms with Gasteiger partial charge in [-0.15, -0.1) is 11.8 Å². The van der Waals surface area contributed by atoms with Crippen molar-refractivity contribution in [2.24, 2.45) is 0 Å². The lowest BCUT2D eigenvalue weighted by atomic mass is 10.1. The molecule has 1 heterocycles. The molecule has 0 amide bonds. The van der Waals surface area contributed by atoms with Gasteiger partial charge in [0, 0.05) is 16.5 Å². The van der Waals surface area contributed by atoms with E-state index in [1.807, 2.05) is 30.5 Å². The molecule has 0 radical (unpaired) electrons. The van der Waals surface area contributed by atoms with Crippen LogP contribution in [0.15, 0.2) is 35.2 Å². The summed E-state index contributed by atoms with van der Waals surface area (Å²) in [5, 5.41) is 20.2. The first-order chi connectivity index (χ1) is 9.17. The number of thioether (sulfide) groups is 1. The molecule has 1 aromatic carbocycles. The SMILES string of the molecule is CCCCc1cc(O)n(-c2ccc(SC)cc2)c1O. The van der Waals surface area contributed by atoms with Crippen molar-refractivity contribution in [1.82, 2.24) is 4.57 Å². The Labute approximate surface area is 117 Å². The Bertz CT molecular complexity index is 546. The van der Waals surface area contributed by atoms with E-state index in [0.29, 0.717) is 0 Å². The summed E-state index contributed by atoms with van der Waals surface area (Å²) >= 11 is 1.66. The van der Waals surface area contributed by atoms with Gasteiger partial charge in [0.25, 0.3) is 0 Å². The molecule has 19 heavy (non-hydrogen) atoms. The van der Waals surface area contributed by atoms with Crippen molar-refractivity contribution < 1.29 is 10.2 Å². The third-order valence-electron chi connectivity index (χ3n) is 3.16. The summed E-state index contributed by atoms with van der Waals surface area (Å²) in [5.41, 5.74) is 1.57. The topological polar surface area (TPSA) is 45.4 Å². The number of hydrogen-bond donors (Lipinski definition) is 2. The zero-order valence-electron chi connectivity index (χ0n) is 11.3. The van der Waals surface area contributed by atoms with E-state index >= 15 is 0 Å². The number of nitrogens with zero attached hydrogens (tertiary/aromatic N) is 1. The fraction of sp³-hybridized carbons (Fsp3) is 0.333. The lowest BCUT2D eigenvalue weighted by Crippen LogP contribution is -1.93. The molecule has 2 rings (SSSR count). The minimum absolute atomic E-state index is 0.0838. The molecule has 0 saturated carbocycles. The first-order valence-corrected chi connectivity index (χ1v) is 7.66. The average molecular weight is 277 g/mol. The largest absolute Gasteiger partial charge is 0.494 e. The van der Waals surface area contributed by atoms with Crippen LogP contribution in [0.5, 0.6) is 11.8 Å². The smallest absolute Gasteiger partial charge is 0.201 e. The van der Waals surface area contributed by atoms with E-state index in [1.54, 1.807) is 17.8 Å². The third kappa shape index (κ3) is 2.89. The summed E-state index contributed by atoms with van der Waals surface area (Å²) in [6.07, 6.45) is 4.87. The van der Waals surface area contributed by atoms with Gasteiger partial charge in [-0.25, -0.2) is 0 Å². The second kappa shape index (κ2) is 6.06. The van der Waals surface area contributed by atoms with Crippen LogP contribution >= 0.6 is 11.8 Å². The Balaban J connectivity index is 2.35. The number of aromatic hydroxyl groups is 2. The maximum absolute atomic E-state index is 10.2. The number of rotatable bonds is 5. The van der Waals surface area contributed by atoms with Gasteiger partial charge in [0.2, 0.25) is 5.88 Å². The second-order valence-electron chi connectivity index (χ2n) is 4.49. The summed E-state index contributed by atoms with van der Waals surface area (Å²) < 4.78 is 1.48. The van der Waals surface area contributed by atoms with Crippen LogP contribution in [-0.4, -0.2) is 21.0 Å². The van der Waals surface area contributed by atoms with Gasteiger partial charge in [-0.05, 0) is 43.4 Å². The van der Waals surface area contributed by atoms with Crippen LogP contribution in [0.1, 0.15) is 25.3 Å². The molecule has 0 aliphatic carbocycles. The Kier molecular flexibility index (Phi) is 4.43. The summed E-state index contributed by atoms with van der Waals surface area (Å²) in [5.74, 6) is 0.225. The van der Waals surface area contributed by atoms with Gasteiger partial charge in [0.05, 0.1) is 5.69 Å². The lowest BCUT2D eigenvalue weighted by molar-refractivity contribution is 0.400. The van der Waals surface area contributed by atoms with E-state index in [9.17, 15) is 10.2 Å². The van der Waals surface area contributed by atoms with Crippen LogP contribution in [0, 0.1) is 0 Å². The van der Waals surface area contributed by atoms with E-state index in [-0.39, 0.29) is 11.8 Å². The molecule has 2 N–H and O–H groups in total. The van der Waals surface area contributed by atoms with E-state index < -0.39 is 0 Å². The van der Waals surface area contributed by atoms with Crippen molar-refractivity contribution in [1.29, 1.82) is 0 Å². The molecule has 0 bridgehead atoms. The quantitative estimate of drug-likeness (QED) is 0.813. The zero-order valence-corrected chi connectivity index (χ0v) is 12.1. The molecule has 3 nitrogen and oxygen atoms in total. The maximum atomic E-state index is 10.2. The zero-order chi connectivity index (χ0) is 13.8. The molecule has 2 aromatic rings. The number of hydrogen-bond acceptors (Lipinski definition) is 3. The summed E-state index contributed by atoms with van der Waals surface area (Å²) in [6.45, 7) is 2.11. The van der Waals surface area contributed by atoms with Gasteiger partial charge < -0.3 is 10.2 Å². The molecule has 102 valence electrons. The van der Waals surface area contributed by atoms with Gasteiger partial charge in [0.15, 0.2) is 5.88 Å². The normalized spacial score (nSPS) is 10.8. The van der Waals surface area contributed by atoms with Crippen LogP contribution < -0.4 is 0 Å². The minimum atomic E-state index is 0.0838. The number of unbranched alkanes of at least 4 members (excludes halogenated alkanes) is 1.